The van der Waals surface area contributed by atoms with Crippen LogP contribution in [0.2, 0.25) is 0 Å². The Hall–Kier alpha value is -1.06. The average Bonchev–Trinajstić information content (AvgIpc) is 2.85. The summed E-state index contributed by atoms with van der Waals surface area (Å²) in [5, 5.41) is 0. The van der Waals surface area contributed by atoms with Gasteiger partial charge in [-0.25, -0.2) is 0 Å². The molecule has 2 N–H and O–H groups in total. The van der Waals surface area contributed by atoms with Crippen LogP contribution in [0.1, 0.15) is 31.7 Å². The van der Waals surface area contributed by atoms with Crippen molar-refractivity contribution in [1.82, 2.24) is 4.90 Å². The van der Waals surface area contributed by atoms with Crippen LogP contribution in [0.4, 0.5) is 0 Å². The Morgan fingerprint density at radius 1 is 1.25 bits per heavy atom. The Morgan fingerprint density at radius 2 is 1.85 bits per heavy atom. The van der Waals surface area contributed by atoms with Crippen molar-refractivity contribution in [2.45, 2.75) is 32.2 Å². The van der Waals surface area contributed by atoms with E-state index in [1.54, 1.807) is 0 Å². The number of nitrogens with two attached hydrogens (primary N) is 1. The van der Waals surface area contributed by atoms with Crippen molar-refractivity contribution in [2.24, 2.45) is 17.1 Å². The number of rotatable bonds is 2. The molecule has 1 heterocycles. The second kappa shape index (κ2) is 5.38. The molecular weight excluding hydrogens is 272 g/mol. The standard InChI is InChI=1S/C16H22N2O.ClH/c1-16(2)8-13(16)15(19)18-9-12(14(17)10-18)11-6-4-3-5-7-11;/h3-7,12-14H,8-10,17H2,1-2H3;1H/t12-,13?,14+;/m0./s1. The van der Waals surface area contributed by atoms with Gasteiger partial charge in [-0.3, -0.25) is 4.79 Å². The van der Waals surface area contributed by atoms with E-state index in [9.17, 15) is 4.79 Å². The summed E-state index contributed by atoms with van der Waals surface area (Å²) in [6.07, 6.45) is 1.02. The molecule has 1 aromatic carbocycles. The van der Waals surface area contributed by atoms with E-state index in [-0.39, 0.29) is 35.7 Å². The number of carbonyl (C=O) groups excluding carboxylic acids is 1. The molecule has 3 rings (SSSR count). The minimum absolute atomic E-state index is 0. The van der Waals surface area contributed by atoms with Gasteiger partial charge in [-0.05, 0) is 17.4 Å². The van der Waals surface area contributed by atoms with E-state index in [1.807, 2.05) is 23.1 Å². The second-order valence-electron chi connectivity index (χ2n) is 6.67. The van der Waals surface area contributed by atoms with Crippen LogP contribution >= 0.6 is 12.4 Å². The summed E-state index contributed by atoms with van der Waals surface area (Å²) < 4.78 is 0. The molecule has 110 valence electrons. The molecule has 3 atom stereocenters. The maximum Gasteiger partial charge on any atom is 0.226 e. The molecule has 1 saturated heterocycles. The zero-order valence-electron chi connectivity index (χ0n) is 12.1. The van der Waals surface area contributed by atoms with Gasteiger partial charge >= 0.3 is 0 Å². The summed E-state index contributed by atoms with van der Waals surface area (Å²) in [7, 11) is 0. The van der Waals surface area contributed by atoms with Crippen LogP contribution in [0.25, 0.3) is 0 Å². The molecule has 0 radical (unpaired) electrons. The van der Waals surface area contributed by atoms with E-state index >= 15 is 0 Å². The minimum atomic E-state index is 0. The summed E-state index contributed by atoms with van der Waals surface area (Å²) in [5.74, 6) is 0.806. The summed E-state index contributed by atoms with van der Waals surface area (Å²) >= 11 is 0. The van der Waals surface area contributed by atoms with E-state index in [0.717, 1.165) is 13.0 Å². The van der Waals surface area contributed by atoms with Crippen molar-refractivity contribution in [2.75, 3.05) is 13.1 Å². The first-order valence-electron chi connectivity index (χ1n) is 7.08. The predicted octanol–water partition coefficient (Wildman–Crippen LogP) is 2.41. The molecule has 20 heavy (non-hydrogen) atoms. The number of halogens is 1. The smallest absolute Gasteiger partial charge is 0.226 e. The van der Waals surface area contributed by atoms with Crippen LogP contribution in [0.5, 0.6) is 0 Å². The van der Waals surface area contributed by atoms with Crippen molar-refractivity contribution in [3.63, 3.8) is 0 Å². The Bertz CT molecular complexity index is 489. The number of benzene rings is 1. The normalized spacial score (nSPS) is 30.8. The van der Waals surface area contributed by atoms with Gasteiger partial charge in [0, 0.05) is 31.0 Å². The maximum absolute atomic E-state index is 12.4. The van der Waals surface area contributed by atoms with Crippen molar-refractivity contribution >= 4 is 18.3 Å². The molecule has 3 nitrogen and oxygen atoms in total. The molecule has 1 aromatic rings. The van der Waals surface area contributed by atoms with Crippen LogP contribution < -0.4 is 5.73 Å². The monoisotopic (exact) mass is 294 g/mol. The quantitative estimate of drug-likeness (QED) is 0.910. The Morgan fingerprint density at radius 3 is 2.40 bits per heavy atom. The van der Waals surface area contributed by atoms with Gasteiger partial charge in [0.1, 0.15) is 0 Å². The van der Waals surface area contributed by atoms with Gasteiger partial charge in [0.2, 0.25) is 5.91 Å². The largest absolute Gasteiger partial charge is 0.340 e. The lowest BCUT2D eigenvalue weighted by atomic mass is 9.95. The van der Waals surface area contributed by atoms with Gasteiger partial charge in [-0.15, -0.1) is 12.4 Å². The van der Waals surface area contributed by atoms with Crippen LogP contribution in [-0.2, 0) is 4.79 Å². The van der Waals surface area contributed by atoms with Crippen LogP contribution in [0, 0.1) is 11.3 Å². The predicted molar refractivity (Wildman–Crippen MR) is 82.9 cm³/mol. The third-order valence-electron chi connectivity index (χ3n) is 4.72. The number of hydrogen-bond donors (Lipinski definition) is 1. The van der Waals surface area contributed by atoms with Crippen molar-refractivity contribution in [1.29, 1.82) is 0 Å². The maximum atomic E-state index is 12.4. The lowest BCUT2D eigenvalue weighted by Crippen LogP contribution is -2.33. The average molecular weight is 295 g/mol. The number of likely N-dealkylation sites (tertiary alicyclic amines) is 1. The highest BCUT2D eigenvalue weighted by Crippen LogP contribution is 2.52. The van der Waals surface area contributed by atoms with E-state index in [2.05, 4.69) is 26.0 Å². The summed E-state index contributed by atoms with van der Waals surface area (Å²) in [6.45, 7) is 5.81. The second-order valence-corrected chi connectivity index (χ2v) is 6.67. The van der Waals surface area contributed by atoms with Crippen LogP contribution in [0.3, 0.4) is 0 Å². The lowest BCUT2D eigenvalue weighted by molar-refractivity contribution is -0.132. The molecule has 0 aromatic heterocycles. The molecule has 1 saturated carbocycles. The number of nitrogens with zero attached hydrogens (tertiary/aromatic N) is 1. The molecule has 2 fully saturated rings. The number of carbonyl (C=O) groups is 1. The van der Waals surface area contributed by atoms with Gasteiger partial charge < -0.3 is 10.6 Å². The molecule has 1 unspecified atom stereocenters. The highest BCUT2D eigenvalue weighted by Gasteiger charge is 2.53. The Balaban J connectivity index is 0.00000147. The molecule has 1 aliphatic carbocycles. The van der Waals surface area contributed by atoms with Gasteiger partial charge in [-0.2, -0.15) is 0 Å². The van der Waals surface area contributed by atoms with E-state index in [0.29, 0.717) is 12.5 Å². The Kier molecular flexibility index (Phi) is 4.12. The summed E-state index contributed by atoms with van der Waals surface area (Å²) in [5.41, 5.74) is 7.68. The molecule has 4 heteroatoms. The van der Waals surface area contributed by atoms with Crippen molar-refractivity contribution in [3.05, 3.63) is 35.9 Å². The first kappa shape index (κ1) is 15.3. The first-order valence-corrected chi connectivity index (χ1v) is 7.08. The highest BCUT2D eigenvalue weighted by atomic mass is 35.5. The fourth-order valence-electron chi connectivity index (χ4n) is 3.17. The van der Waals surface area contributed by atoms with E-state index in [1.165, 1.54) is 5.56 Å². The number of hydrogen-bond acceptors (Lipinski definition) is 2. The van der Waals surface area contributed by atoms with E-state index < -0.39 is 0 Å². The van der Waals surface area contributed by atoms with Crippen molar-refractivity contribution < 1.29 is 4.79 Å². The van der Waals surface area contributed by atoms with Gasteiger partial charge in [-0.1, -0.05) is 44.2 Å². The van der Waals surface area contributed by atoms with Crippen LogP contribution in [-0.4, -0.2) is 29.9 Å². The minimum Gasteiger partial charge on any atom is -0.340 e. The fourth-order valence-corrected chi connectivity index (χ4v) is 3.17. The van der Waals surface area contributed by atoms with E-state index in [4.69, 9.17) is 5.73 Å². The number of amides is 1. The topological polar surface area (TPSA) is 46.3 Å². The lowest BCUT2D eigenvalue weighted by Gasteiger charge is -2.17. The highest BCUT2D eigenvalue weighted by molar-refractivity contribution is 5.85. The van der Waals surface area contributed by atoms with Gasteiger partial charge in [0.25, 0.3) is 0 Å². The molecule has 0 bridgehead atoms. The SMILES string of the molecule is CC1(C)CC1C(=O)N1C[C@@H](N)[C@H](c2ccccc2)C1.Cl. The third kappa shape index (κ3) is 2.70. The van der Waals surface area contributed by atoms with Gasteiger partial charge in [0.05, 0.1) is 0 Å². The molecule has 1 aliphatic heterocycles. The first-order chi connectivity index (χ1) is 8.99. The third-order valence-corrected chi connectivity index (χ3v) is 4.72. The van der Waals surface area contributed by atoms with Crippen LogP contribution in [0.15, 0.2) is 30.3 Å². The summed E-state index contributed by atoms with van der Waals surface area (Å²) in [6, 6.07) is 10.4. The molecule has 1 amide bonds. The zero-order chi connectivity index (χ0) is 13.6. The van der Waals surface area contributed by atoms with Gasteiger partial charge in [0.15, 0.2) is 0 Å². The Labute approximate surface area is 126 Å². The molecular formula is C16H23ClN2O. The zero-order valence-corrected chi connectivity index (χ0v) is 12.9. The molecule has 2 aliphatic rings. The summed E-state index contributed by atoms with van der Waals surface area (Å²) in [4.78, 5) is 14.4. The fraction of sp³-hybridized carbons (Fsp3) is 0.562. The molecule has 0 spiro atoms. The van der Waals surface area contributed by atoms with Crippen molar-refractivity contribution in [3.8, 4) is 0 Å².